The summed E-state index contributed by atoms with van der Waals surface area (Å²) >= 11 is 0. The number of benzene rings is 1. The van der Waals surface area contributed by atoms with Crippen LogP contribution in [0.2, 0.25) is 0 Å². The van der Waals surface area contributed by atoms with Crippen molar-refractivity contribution >= 4 is 15.9 Å². The standard InChI is InChI=1S/C10H15FN2O4S/c1-13(2)18(14,15)12-8-6-10(17-4)9(16-3)5-7(8)11/h5-6,12H,1-4H3. The van der Waals surface area contributed by atoms with Crippen molar-refractivity contribution in [2.45, 2.75) is 0 Å². The Labute approximate surface area is 105 Å². The molecule has 1 aromatic carbocycles. The van der Waals surface area contributed by atoms with Crippen LogP contribution >= 0.6 is 0 Å². The van der Waals surface area contributed by atoms with E-state index in [1.807, 2.05) is 0 Å². The van der Waals surface area contributed by atoms with Gasteiger partial charge in [-0.2, -0.15) is 12.7 Å². The summed E-state index contributed by atoms with van der Waals surface area (Å²) in [7, 11) is 1.63. The van der Waals surface area contributed by atoms with E-state index in [0.717, 1.165) is 10.4 Å². The Morgan fingerprint density at radius 2 is 1.67 bits per heavy atom. The van der Waals surface area contributed by atoms with E-state index < -0.39 is 16.0 Å². The number of methoxy groups -OCH3 is 2. The van der Waals surface area contributed by atoms with Gasteiger partial charge in [-0.25, -0.2) is 4.39 Å². The van der Waals surface area contributed by atoms with Crippen LogP contribution in [0.4, 0.5) is 10.1 Å². The van der Waals surface area contributed by atoms with E-state index in [1.165, 1.54) is 34.4 Å². The lowest BCUT2D eigenvalue weighted by molar-refractivity contribution is 0.353. The topological polar surface area (TPSA) is 67.9 Å². The zero-order valence-corrected chi connectivity index (χ0v) is 11.3. The molecule has 6 nitrogen and oxygen atoms in total. The molecule has 0 aliphatic carbocycles. The van der Waals surface area contributed by atoms with Gasteiger partial charge < -0.3 is 9.47 Å². The van der Waals surface area contributed by atoms with E-state index in [9.17, 15) is 12.8 Å². The second-order valence-corrected chi connectivity index (χ2v) is 5.46. The molecule has 0 aliphatic rings. The molecule has 0 fully saturated rings. The van der Waals surface area contributed by atoms with Crippen molar-refractivity contribution in [2.24, 2.45) is 0 Å². The third kappa shape index (κ3) is 3.02. The molecule has 0 aromatic heterocycles. The Morgan fingerprint density at radius 3 is 2.11 bits per heavy atom. The highest BCUT2D eigenvalue weighted by atomic mass is 32.2. The predicted molar refractivity (Wildman–Crippen MR) is 65.7 cm³/mol. The number of anilines is 1. The monoisotopic (exact) mass is 278 g/mol. The number of halogens is 1. The average Bonchev–Trinajstić information content (AvgIpc) is 2.30. The van der Waals surface area contributed by atoms with E-state index in [4.69, 9.17) is 9.47 Å². The van der Waals surface area contributed by atoms with E-state index >= 15 is 0 Å². The third-order valence-electron chi connectivity index (χ3n) is 2.19. The van der Waals surface area contributed by atoms with Gasteiger partial charge in [0, 0.05) is 26.2 Å². The molecule has 102 valence electrons. The van der Waals surface area contributed by atoms with Gasteiger partial charge in [0.05, 0.1) is 19.9 Å². The van der Waals surface area contributed by atoms with Gasteiger partial charge in [0.1, 0.15) is 0 Å². The van der Waals surface area contributed by atoms with Crippen LogP contribution in [0.15, 0.2) is 12.1 Å². The van der Waals surface area contributed by atoms with Crippen LogP contribution in [-0.4, -0.2) is 41.0 Å². The van der Waals surface area contributed by atoms with Crippen LogP contribution in [0, 0.1) is 5.82 Å². The van der Waals surface area contributed by atoms with Crippen LogP contribution in [0.25, 0.3) is 0 Å². The predicted octanol–water partition coefficient (Wildman–Crippen LogP) is 1.06. The fourth-order valence-electron chi connectivity index (χ4n) is 1.16. The second-order valence-electron chi connectivity index (χ2n) is 3.58. The van der Waals surface area contributed by atoms with Gasteiger partial charge in [-0.3, -0.25) is 4.72 Å². The van der Waals surface area contributed by atoms with Crippen LogP contribution in [0.1, 0.15) is 0 Å². The maximum absolute atomic E-state index is 13.7. The zero-order valence-electron chi connectivity index (χ0n) is 10.5. The molecule has 1 rings (SSSR count). The fourth-order valence-corrected chi connectivity index (χ4v) is 1.78. The maximum Gasteiger partial charge on any atom is 0.301 e. The molecule has 0 amide bonds. The molecule has 18 heavy (non-hydrogen) atoms. The Balaban J connectivity index is 3.19. The minimum Gasteiger partial charge on any atom is -0.493 e. The Bertz CT molecular complexity index is 531. The summed E-state index contributed by atoms with van der Waals surface area (Å²) < 4.78 is 49.7. The lowest BCUT2D eigenvalue weighted by Gasteiger charge is -2.15. The van der Waals surface area contributed by atoms with Crippen molar-refractivity contribution in [3.8, 4) is 11.5 Å². The summed E-state index contributed by atoms with van der Waals surface area (Å²) in [6.45, 7) is 0. The fraction of sp³-hybridized carbons (Fsp3) is 0.400. The summed E-state index contributed by atoms with van der Waals surface area (Å²) in [5, 5.41) is 0. The first-order valence-electron chi connectivity index (χ1n) is 4.93. The normalized spacial score (nSPS) is 11.4. The molecule has 0 saturated heterocycles. The summed E-state index contributed by atoms with van der Waals surface area (Å²) in [5.41, 5.74) is -0.207. The van der Waals surface area contributed by atoms with Crippen molar-refractivity contribution in [2.75, 3.05) is 33.0 Å². The van der Waals surface area contributed by atoms with Crippen molar-refractivity contribution in [1.82, 2.24) is 4.31 Å². The second kappa shape index (κ2) is 5.40. The SMILES string of the molecule is COc1cc(F)c(NS(=O)(=O)N(C)C)cc1OC. The van der Waals surface area contributed by atoms with Crippen LogP contribution in [-0.2, 0) is 10.2 Å². The Kier molecular flexibility index (Phi) is 4.36. The van der Waals surface area contributed by atoms with Crippen LogP contribution in [0.3, 0.4) is 0 Å². The number of rotatable bonds is 5. The van der Waals surface area contributed by atoms with Crippen molar-refractivity contribution in [1.29, 1.82) is 0 Å². The van der Waals surface area contributed by atoms with Gasteiger partial charge in [-0.1, -0.05) is 0 Å². The van der Waals surface area contributed by atoms with Crippen LogP contribution in [0.5, 0.6) is 11.5 Å². The largest absolute Gasteiger partial charge is 0.493 e. The number of nitrogens with zero attached hydrogens (tertiary/aromatic N) is 1. The third-order valence-corrected chi connectivity index (χ3v) is 3.63. The first kappa shape index (κ1) is 14.5. The van der Waals surface area contributed by atoms with E-state index in [-0.39, 0.29) is 17.2 Å². The first-order valence-corrected chi connectivity index (χ1v) is 6.37. The molecule has 0 spiro atoms. The number of hydrogen-bond acceptors (Lipinski definition) is 4. The summed E-state index contributed by atoms with van der Waals surface area (Å²) in [6.07, 6.45) is 0. The molecule has 8 heteroatoms. The molecule has 1 aromatic rings. The summed E-state index contributed by atoms with van der Waals surface area (Å²) in [6, 6.07) is 2.27. The lowest BCUT2D eigenvalue weighted by atomic mass is 10.2. The van der Waals surface area contributed by atoms with E-state index in [2.05, 4.69) is 4.72 Å². The van der Waals surface area contributed by atoms with Gasteiger partial charge in [0.15, 0.2) is 17.3 Å². The molecular formula is C10H15FN2O4S. The maximum atomic E-state index is 13.7. The van der Waals surface area contributed by atoms with E-state index in [0.29, 0.717) is 0 Å². The van der Waals surface area contributed by atoms with Crippen LogP contribution < -0.4 is 14.2 Å². The molecule has 0 heterocycles. The highest BCUT2D eigenvalue weighted by Crippen LogP contribution is 2.32. The van der Waals surface area contributed by atoms with Crippen molar-refractivity contribution in [3.63, 3.8) is 0 Å². The highest BCUT2D eigenvalue weighted by Gasteiger charge is 2.18. The smallest absolute Gasteiger partial charge is 0.301 e. The Morgan fingerprint density at radius 1 is 1.17 bits per heavy atom. The molecule has 0 saturated carbocycles. The zero-order chi connectivity index (χ0) is 13.9. The lowest BCUT2D eigenvalue weighted by Crippen LogP contribution is -2.29. The van der Waals surface area contributed by atoms with Gasteiger partial charge in [0.25, 0.3) is 0 Å². The quantitative estimate of drug-likeness (QED) is 0.874. The van der Waals surface area contributed by atoms with Crippen molar-refractivity contribution in [3.05, 3.63) is 17.9 Å². The molecular weight excluding hydrogens is 263 g/mol. The molecule has 0 aliphatic heterocycles. The van der Waals surface area contributed by atoms with Crippen molar-refractivity contribution < 1.29 is 22.3 Å². The number of ether oxygens (including phenoxy) is 2. The van der Waals surface area contributed by atoms with Gasteiger partial charge in [-0.15, -0.1) is 0 Å². The molecule has 0 unspecified atom stereocenters. The van der Waals surface area contributed by atoms with Gasteiger partial charge in [0.2, 0.25) is 0 Å². The first-order chi connectivity index (χ1) is 8.31. The number of hydrogen-bond donors (Lipinski definition) is 1. The highest BCUT2D eigenvalue weighted by molar-refractivity contribution is 7.90. The molecule has 0 atom stereocenters. The minimum atomic E-state index is -3.77. The van der Waals surface area contributed by atoms with E-state index in [1.54, 1.807) is 0 Å². The molecule has 1 N–H and O–H groups in total. The van der Waals surface area contributed by atoms with Gasteiger partial charge in [-0.05, 0) is 0 Å². The minimum absolute atomic E-state index is 0.183. The average molecular weight is 278 g/mol. The van der Waals surface area contributed by atoms with Gasteiger partial charge >= 0.3 is 10.2 Å². The molecule has 0 bridgehead atoms. The summed E-state index contributed by atoms with van der Waals surface area (Å²) in [5.74, 6) is -0.337. The molecule has 0 radical (unpaired) electrons. The summed E-state index contributed by atoms with van der Waals surface area (Å²) in [4.78, 5) is 0. The Hall–Kier alpha value is -1.54. The number of nitrogens with one attached hydrogen (secondary N) is 1.